The molecule has 0 aromatic heterocycles. The first-order chi connectivity index (χ1) is 12.1. The van der Waals surface area contributed by atoms with Gasteiger partial charge in [-0.15, -0.1) is 0 Å². The number of aliphatic hydroxyl groups is 1. The Balaban J connectivity index is 2.11. The van der Waals surface area contributed by atoms with Crippen LogP contribution in [-0.4, -0.2) is 53.6 Å². The van der Waals surface area contributed by atoms with Crippen molar-refractivity contribution in [1.29, 1.82) is 0 Å². The second-order valence-electron chi connectivity index (χ2n) is 5.88. The molecular weight excluding hydrogens is 324 g/mol. The summed E-state index contributed by atoms with van der Waals surface area (Å²) in [6.45, 7) is 2.38. The molecule has 1 heterocycles. The van der Waals surface area contributed by atoms with Gasteiger partial charge in [-0.1, -0.05) is 12.1 Å². The zero-order valence-electron chi connectivity index (χ0n) is 14.4. The summed E-state index contributed by atoms with van der Waals surface area (Å²) < 4.78 is 4.96. The van der Waals surface area contributed by atoms with Crippen molar-refractivity contribution in [2.24, 2.45) is 0 Å². The number of hydrogen-bond donors (Lipinski definition) is 2. The van der Waals surface area contributed by atoms with Crippen LogP contribution in [0, 0.1) is 0 Å². The molecule has 1 aliphatic heterocycles. The molecule has 1 saturated heterocycles. The Labute approximate surface area is 147 Å². The molecule has 0 saturated carbocycles. The third kappa shape index (κ3) is 4.79. The Morgan fingerprint density at radius 3 is 2.76 bits per heavy atom. The van der Waals surface area contributed by atoms with E-state index in [0.717, 1.165) is 19.3 Å². The fourth-order valence-corrected chi connectivity index (χ4v) is 3.00. The Hall–Kier alpha value is -2.41. The number of piperidine rings is 1. The molecule has 2 N–H and O–H groups in total. The number of amides is 2. The van der Waals surface area contributed by atoms with Crippen LogP contribution in [0.2, 0.25) is 0 Å². The molecular formula is C18H24N2O5. The standard InChI is InChI=1S/C18H24N2O5/c1-2-25-18(24)14-8-3-4-9-15(14)19-16(22)17(23)20-11-6-5-7-13(20)10-12-21/h3-4,8-9,13,21H,2,5-7,10-12H2,1H3,(H,19,22). The van der Waals surface area contributed by atoms with Gasteiger partial charge in [0.2, 0.25) is 0 Å². The van der Waals surface area contributed by atoms with Gasteiger partial charge >= 0.3 is 17.8 Å². The normalized spacial score (nSPS) is 17.0. The maximum Gasteiger partial charge on any atom is 0.340 e. The second kappa shape index (κ2) is 9.17. The number of benzene rings is 1. The van der Waals surface area contributed by atoms with E-state index in [2.05, 4.69) is 5.32 Å². The highest BCUT2D eigenvalue weighted by Gasteiger charge is 2.30. The lowest BCUT2D eigenvalue weighted by atomic mass is 9.99. The fraction of sp³-hybridized carbons (Fsp3) is 0.500. The molecule has 1 aliphatic rings. The molecule has 0 aliphatic carbocycles. The van der Waals surface area contributed by atoms with Crippen molar-refractivity contribution in [2.45, 2.75) is 38.6 Å². The monoisotopic (exact) mass is 348 g/mol. The first kappa shape index (κ1) is 18.9. The highest BCUT2D eigenvalue weighted by molar-refractivity contribution is 6.40. The SMILES string of the molecule is CCOC(=O)c1ccccc1NC(=O)C(=O)N1CCCCC1CCO. The molecule has 25 heavy (non-hydrogen) atoms. The van der Waals surface area contributed by atoms with Crippen molar-refractivity contribution in [2.75, 3.05) is 25.1 Å². The van der Waals surface area contributed by atoms with Gasteiger partial charge in [0, 0.05) is 19.2 Å². The first-order valence-electron chi connectivity index (χ1n) is 8.57. The minimum Gasteiger partial charge on any atom is -0.462 e. The van der Waals surface area contributed by atoms with Crippen LogP contribution in [0.15, 0.2) is 24.3 Å². The molecule has 1 atom stereocenters. The van der Waals surface area contributed by atoms with E-state index in [4.69, 9.17) is 9.84 Å². The van der Waals surface area contributed by atoms with Crippen LogP contribution in [0.3, 0.4) is 0 Å². The number of carbonyl (C=O) groups excluding carboxylic acids is 3. The van der Waals surface area contributed by atoms with Crippen molar-refractivity contribution in [3.63, 3.8) is 0 Å². The summed E-state index contributed by atoms with van der Waals surface area (Å²) in [5, 5.41) is 11.7. The summed E-state index contributed by atoms with van der Waals surface area (Å²) in [4.78, 5) is 38.4. The summed E-state index contributed by atoms with van der Waals surface area (Å²) in [6, 6.07) is 6.29. The molecule has 1 aromatic rings. The molecule has 1 unspecified atom stereocenters. The van der Waals surface area contributed by atoms with Crippen molar-refractivity contribution < 1.29 is 24.2 Å². The molecule has 0 radical (unpaired) electrons. The molecule has 0 bridgehead atoms. The maximum absolute atomic E-state index is 12.5. The molecule has 1 fully saturated rings. The van der Waals surface area contributed by atoms with E-state index < -0.39 is 17.8 Å². The highest BCUT2D eigenvalue weighted by atomic mass is 16.5. The largest absolute Gasteiger partial charge is 0.462 e. The Kier molecular flexibility index (Phi) is 6.94. The van der Waals surface area contributed by atoms with E-state index in [1.54, 1.807) is 25.1 Å². The Morgan fingerprint density at radius 2 is 2.04 bits per heavy atom. The summed E-state index contributed by atoms with van der Waals surface area (Å²) in [5.74, 6) is -1.99. The number of aliphatic hydroxyl groups excluding tert-OH is 1. The molecule has 2 amide bonds. The van der Waals surface area contributed by atoms with Gasteiger partial charge in [0.1, 0.15) is 0 Å². The number of ether oxygens (including phenoxy) is 1. The van der Waals surface area contributed by atoms with E-state index in [1.165, 1.54) is 11.0 Å². The average molecular weight is 348 g/mol. The van der Waals surface area contributed by atoms with E-state index in [9.17, 15) is 14.4 Å². The second-order valence-corrected chi connectivity index (χ2v) is 5.88. The first-order valence-corrected chi connectivity index (χ1v) is 8.57. The lowest BCUT2D eigenvalue weighted by molar-refractivity contribution is -0.146. The van der Waals surface area contributed by atoms with Crippen LogP contribution in [0.4, 0.5) is 5.69 Å². The zero-order valence-corrected chi connectivity index (χ0v) is 14.4. The lowest BCUT2D eigenvalue weighted by Crippen LogP contribution is -2.48. The van der Waals surface area contributed by atoms with Crippen LogP contribution >= 0.6 is 0 Å². The maximum atomic E-state index is 12.5. The minimum absolute atomic E-state index is 0.0260. The van der Waals surface area contributed by atoms with E-state index >= 15 is 0 Å². The molecule has 0 spiro atoms. The molecule has 7 heteroatoms. The van der Waals surface area contributed by atoms with Crippen LogP contribution < -0.4 is 5.32 Å². The summed E-state index contributed by atoms with van der Waals surface area (Å²) >= 11 is 0. The van der Waals surface area contributed by atoms with E-state index in [-0.39, 0.29) is 30.5 Å². The predicted molar refractivity (Wildman–Crippen MR) is 92.1 cm³/mol. The number of likely N-dealkylation sites (tertiary alicyclic amines) is 1. The quantitative estimate of drug-likeness (QED) is 0.622. The molecule has 1 aromatic carbocycles. The lowest BCUT2D eigenvalue weighted by Gasteiger charge is -2.35. The Bertz CT molecular complexity index is 630. The summed E-state index contributed by atoms with van der Waals surface area (Å²) in [6.07, 6.45) is 3.04. The van der Waals surface area contributed by atoms with Gasteiger partial charge in [-0.2, -0.15) is 0 Å². The number of rotatable bonds is 5. The number of esters is 1. The highest BCUT2D eigenvalue weighted by Crippen LogP contribution is 2.21. The molecule has 7 nitrogen and oxygen atoms in total. The minimum atomic E-state index is -0.790. The van der Waals surface area contributed by atoms with Gasteiger partial charge in [0.15, 0.2) is 0 Å². The van der Waals surface area contributed by atoms with Gasteiger partial charge < -0.3 is 20.1 Å². The fourth-order valence-electron chi connectivity index (χ4n) is 3.00. The third-order valence-corrected chi connectivity index (χ3v) is 4.22. The number of anilines is 1. The number of nitrogens with zero attached hydrogens (tertiary/aromatic N) is 1. The molecule has 2 rings (SSSR count). The third-order valence-electron chi connectivity index (χ3n) is 4.22. The number of carbonyl (C=O) groups is 3. The van der Waals surface area contributed by atoms with Gasteiger partial charge in [0.05, 0.1) is 17.9 Å². The zero-order chi connectivity index (χ0) is 18.2. The van der Waals surface area contributed by atoms with Gasteiger partial charge in [-0.05, 0) is 44.7 Å². The van der Waals surface area contributed by atoms with E-state index in [1.807, 2.05) is 0 Å². The molecule has 136 valence electrons. The predicted octanol–water partition coefficient (Wildman–Crippen LogP) is 1.57. The van der Waals surface area contributed by atoms with E-state index in [0.29, 0.717) is 13.0 Å². The van der Waals surface area contributed by atoms with Gasteiger partial charge in [-0.25, -0.2) is 4.79 Å². The number of para-hydroxylation sites is 1. The van der Waals surface area contributed by atoms with Gasteiger partial charge in [0.25, 0.3) is 0 Å². The van der Waals surface area contributed by atoms with Crippen LogP contribution in [0.1, 0.15) is 43.0 Å². The van der Waals surface area contributed by atoms with Crippen molar-refractivity contribution in [1.82, 2.24) is 4.90 Å². The van der Waals surface area contributed by atoms with Crippen LogP contribution in [-0.2, 0) is 14.3 Å². The van der Waals surface area contributed by atoms with Gasteiger partial charge in [-0.3, -0.25) is 9.59 Å². The van der Waals surface area contributed by atoms with Crippen LogP contribution in [0.5, 0.6) is 0 Å². The van der Waals surface area contributed by atoms with Crippen molar-refractivity contribution in [3.8, 4) is 0 Å². The number of nitrogens with one attached hydrogen (secondary N) is 1. The topological polar surface area (TPSA) is 95.9 Å². The van der Waals surface area contributed by atoms with Crippen LogP contribution in [0.25, 0.3) is 0 Å². The number of hydrogen-bond acceptors (Lipinski definition) is 5. The average Bonchev–Trinajstić information content (AvgIpc) is 2.62. The van der Waals surface area contributed by atoms with Crippen molar-refractivity contribution >= 4 is 23.5 Å². The summed E-state index contributed by atoms with van der Waals surface area (Å²) in [5.41, 5.74) is 0.450. The summed E-state index contributed by atoms with van der Waals surface area (Å²) in [7, 11) is 0. The smallest absolute Gasteiger partial charge is 0.340 e. The Morgan fingerprint density at radius 1 is 1.28 bits per heavy atom. The van der Waals surface area contributed by atoms with Crippen molar-refractivity contribution in [3.05, 3.63) is 29.8 Å².